The first-order valence-corrected chi connectivity index (χ1v) is 9.64. The number of carbonyl (C=O) groups is 1. The lowest BCUT2D eigenvalue weighted by molar-refractivity contribution is -0.138. The van der Waals surface area contributed by atoms with Crippen molar-refractivity contribution in [1.29, 1.82) is 0 Å². The molecule has 6 rings (SSSR count). The lowest BCUT2D eigenvalue weighted by atomic mass is 9.49. The van der Waals surface area contributed by atoms with Gasteiger partial charge in [-0.05, 0) is 86.4 Å². The molecule has 1 saturated heterocycles. The van der Waals surface area contributed by atoms with Crippen LogP contribution < -0.4 is 5.73 Å². The monoisotopic (exact) mass is 338 g/mol. The van der Waals surface area contributed by atoms with Crippen LogP contribution in [0.1, 0.15) is 57.8 Å². The number of rotatable bonds is 2. The van der Waals surface area contributed by atoms with Gasteiger partial charge in [-0.25, -0.2) is 0 Å². The first-order valence-electron chi connectivity index (χ1n) is 9.64. The van der Waals surface area contributed by atoms with Crippen molar-refractivity contribution in [1.82, 2.24) is 4.90 Å². The minimum absolute atomic E-state index is 0. The Balaban J connectivity index is 0.00000135. The number of carbonyl (C=O) groups excluding carboxylic acids is 1. The second kappa shape index (κ2) is 5.62. The summed E-state index contributed by atoms with van der Waals surface area (Å²) >= 11 is 0. The average molecular weight is 339 g/mol. The second-order valence-electron chi connectivity index (χ2n) is 9.56. The van der Waals surface area contributed by atoms with Gasteiger partial charge in [0.15, 0.2) is 0 Å². The highest BCUT2D eigenvalue weighted by Crippen LogP contribution is 2.61. The highest BCUT2D eigenvalue weighted by atomic mass is 35.5. The molecule has 6 fully saturated rings. The molecule has 1 heterocycles. The molecule has 0 spiro atoms. The number of hydrogen-bond acceptors (Lipinski definition) is 2. The van der Waals surface area contributed by atoms with Crippen molar-refractivity contribution in [3.8, 4) is 0 Å². The van der Waals surface area contributed by atoms with Gasteiger partial charge in [0.25, 0.3) is 0 Å². The van der Waals surface area contributed by atoms with E-state index in [0.29, 0.717) is 29.2 Å². The molecule has 0 aromatic rings. The van der Waals surface area contributed by atoms with E-state index in [-0.39, 0.29) is 12.4 Å². The Morgan fingerprint density at radius 3 is 2.17 bits per heavy atom. The molecule has 23 heavy (non-hydrogen) atoms. The Morgan fingerprint density at radius 2 is 1.61 bits per heavy atom. The van der Waals surface area contributed by atoms with Gasteiger partial charge in [0, 0.05) is 25.6 Å². The molecule has 3 nitrogen and oxygen atoms in total. The van der Waals surface area contributed by atoms with Crippen LogP contribution in [0.15, 0.2) is 0 Å². The maximum Gasteiger partial charge on any atom is 0.223 e. The molecule has 2 N–H and O–H groups in total. The number of likely N-dealkylation sites (tertiary alicyclic amines) is 1. The number of hydrogen-bond donors (Lipinski definition) is 1. The van der Waals surface area contributed by atoms with Crippen molar-refractivity contribution in [3.63, 3.8) is 0 Å². The van der Waals surface area contributed by atoms with Gasteiger partial charge in [0.1, 0.15) is 0 Å². The van der Waals surface area contributed by atoms with Gasteiger partial charge in [0.2, 0.25) is 5.91 Å². The molecule has 5 saturated carbocycles. The summed E-state index contributed by atoms with van der Waals surface area (Å²) in [6.07, 6.45) is 11.7. The molecule has 0 aromatic heterocycles. The summed E-state index contributed by atoms with van der Waals surface area (Å²) in [6.45, 7) is 1.96. The van der Waals surface area contributed by atoms with E-state index in [1.54, 1.807) is 0 Å². The summed E-state index contributed by atoms with van der Waals surface area (Å²) in [5, 5.41) is 0. The third-order valence-electron chi connectivity index (χ3n) is 7.96. The van der Waals surface area contributed by atoms with Crippen LogP contribution in [0.25, 0.3) is 0 Å². The van der Waals surface area contributed by atoms with Crippen molar-refractivity contribution < 1.29 is 4.79 Å². The van der Waals surface area contributed by atoms with Crippen LogP contribution in [0.3, 0.4) is 0 Å². The van der Waals surface area contributed by atoms with Crippen LogP contribution in [0.5, 0.6) is 0 Å². The molecule has 1 amide bonds. The fourth-order valence-corrected chi connectivity index (χ4v) is 7.45. The molecule has 3 atom stereocenters. The van der Waals surface area contributed by atoms with Crippen molar-refractivity contribution in [2.75, 3.05) is 13.1 Å². The fourth-order valence-electron chi connectivity index (χ4n) is 7.45. The molecule has 6 aliphatic rings. The molecule has 3 unspecified atom stereocenters. The summed E-state index contributed by atoms with van der Waals surface area (Å²) in [5.74, 6) is 4.61. The molecule has 0 aromatic carbocycles. The molecule has 4 bridgehead atoms. The zero-order valence-corrected chi connectivity index (χ0v) is 14.9. The van der Waals surface area contributed by atoms with Crippen molar-refractivity contribution >= 4 is 18.3 Å². The topological polar surface area (TPSA) is 46.3 Å². The van der Waals surface area contributed by atoms with Crippen molar-refractivity contribution in [2.45, 2.75) is 63.8 Å². The molecule has 130 valence electrons. The fraction of sp³-hybridized carbons (Fsp3) is 0.947. The third-order valence-corrected chi connectivity index (χ3v) is 7.96. The van der Waals surface area contributed by atoms with E-state index < -0.39 is 0 Å². The van der Waals surface area contributed by atoms with Crippen LogP contribution in [0.2, 0.25) is 0 Å². The van der Waals surface area contributed by atoms with E-state index in [1.165, 1.54) is 51.4 Å². The SMILES string of the molecule is Cl.NC1CCC2CN(C(=O)CC34CC5CC(CC(C5)C3)C4)CC12. The minimum atomic E-state index is 0. The first kappa shape index (κ1) is 16.2. The zero-order chi connectivity index (χ0) is 14.9. The Hall–Kier alpha value is -0.280. The van der Waals surface area contributed by atoms with Crippen LogP contribution in [0.4, 0.5) is 0 Å². The van der Waals surface area contributed by atoms with E-state index in [0.717, 1.165) is 37.3 Å². The summed E-state index contributed by atoms with van der Waals surface area (Å²) in [7, 11) is 0. The van der Waals surface area contributed by atoms with Gasteiger partial charge >= 0.3 is 0 Å². The average Bonchev–Trinajstić information content (AvgIpc) is 2.99. The lowest BCUT2D eigenvalue weighted by Gasteiger charge is -2.57. The number of amides is 1. The molecular weight excluding hydrogens is 308 g/mol. The quantitative estimate of drug-likeness (QED) is 0.840. The van der Waals surface area contributed by atoms with E-state index >= 15 is 0 Å². The summed E-state index contributed by atoms with van der Waals surface area (Å²) in [4.78, 5) is 15.1. The van der Waals surface area contributed by atoms with Crippen LogP contribution in [-0.2, 0) is 4.79 Å². The normalized spacial score (nSPS) is 50.0. The molecular formula is C19H31ClN2O. The van der Waals surface area contributed by atoms with Gasteiger partial charge in [-0.3, -0.25) is 4.79 Å². The van der Waals surface area contributed by atoms with E-state index in [9.17, 15) is 4.79 Å². The van der Waals surface area contributed by atoms with Gasteiger partial charge < -0.3 is 10.6 Å². The largest absolute Gasteiger partial charge is 0.342 e. The standard InChI is InChI=1S/C19H30N2O.ClH/c20-17-2-1-15-10-21(11-16(15)17)18(22)9-19-6-12-3-13(7-19)5-14(4-12)8-19;/h12-17H,1-11,20H2;1H. The van der Waals surface area contributed by atoms with Gasteiger partial charge in [-0.15, -0.1) is 12.4 Å². The molecule has 0 radical (unpaired) electrons. The Kier molecular flexibility index (Phi) is 3.96. The smallest absolute Gasteiger partial charge is 0.223 e. The summed E-state index contributed by atoms with van der Waals surface area (Å²) in [5.41, 5.74) is 6.63. The number of halogens is 1. The molecule has 1 aliphatic heterocycles. The predicted octanol–water partition coefficient (Wildman–Crippen LogP) is 3.21. The summed E-state index contributed by atoms with van der Waals surface area (Å²) < 4.78 is 0. The molecule has 4 heteroatoms. The zero-order valence-electron chi connectivity index (χ0n) is 14.1. The summed E-state index contributed by atoms with van der Waals surface area (Å²) in [6, 6.07) is 0.349. The van der Waals surface area contributed by atoms with Crippen LogP contribution >= 0.6 is 12.4 Å². The molecule has 5 aliphatic carbocycles. The predicted molar refractivity (Wildman–Crippen MR) is 93.2 cm³/mol. The van der Waals surface area contributed by atoms with Gasteiger partial charge in [-0.1, -0.05) is 0 Å². The Bertz CT molecular complexity index is 458. The van der Waals surface area contributed by atoms with Crippen molar-refractivity contribution in [3.05, 3.63) is 0 Å². The highest BCUT2D eigenvalue weighted by molar-refractivity contribution is 5.85. The number of fused-ring (bicyclic) bond motifs is 1. The van der Waals surface area contributed by atoms with Crippen LogP contribution in [-0.4, -0.2) is 29.9 Å². The first-order chi connectivity index (χ1) is 10.6. The van der Waals surface area contributed by atoms with Gasteiger partial charge in [-0.2, -0.15) is 0 Å². The maximum atomic E-state index is 13.0. The van der Waals surface area contributed by atoms with E-state index in [4.69, 9.17) is 5.73 Å². The van der Waals surface area contributed by atoms with E-state index in [1.807, 2.05) is 0 Å². The van der Waals surface area contributed by atoms with Crippen molar-refractivity contribution in [2.24, 2.45) is 40.7 Å². The lowest BCUT2D eigenvalue weighted by Crippen LogP contribution is -2.48. The van der Waals surface area contributed by atoms with Gasteiger partial charge in [0.05, 0.1) is 0 Å². The Morgan fingerprint density at radius 1 is 1.00 bits per heavy atom. The van der Waals surface area contributed by atoms with Crippen LogP contribution in [0, 0.1) is 35.0 Å². The maximum absolute atomic E-state index is 13.0. The second-order valence-corrected chi connectivity index (χ2v) is 9.56. The Labute approximate surface area is 146 Å². The minimum Gasteiger partial charge on any atom is -0.342 e. The third kappa shape index (κ3) is 2.63. The number of nitrogens with zero attached hydrogens (tertiary/aromatic N) is 1. The number of nitrogens with two attached hydrogens (primary N) is 1. The highest BCUT2D eigenvalue weighted by Gasteiger charge is 2.52. The van der Waals surface area contributed by atoms with E-state index in [2.05, 4.69) is 4.90 Å².